The number of nitrogens with zero attached hydrogens (tertiary/aromatic N) is 1. The van der Waals surface area contributed by atoms with Crippen molar-refractivity contribution in [1.29, 1.82) is 0 Å². The van der Waals surface area contributed by atoms with Gasteiger partial charge in [-0.1, -0.05) is 0 Å². The van der Waals surface area contributed by atoms with E-state index >= 15 is 0 Å². The molecule has 2 aliphatic heterocycles. The minimum atomic E-state index is -0.00803. The normalized spacial score (nSPS) is 21.1. The maximum atomic E-state index is 12.7. The van der Waals surface area contributed by atoms with Crippen LogP contribution in [-0.2, 0) is 4.79 Å². The quantitative estimate of drug-likeness (QED) is 0.889. The van der Waals surface area contributed by atoms with E-state index in [9.17, 15) is 9.59 Å². The second-order valence-electron chi connectivity index (χ2n) is 5.40. The number of carbonyl (C=O) groups is 2. The maximum absolute atomic E-state index is 12.7. The highest BCUT2D eigenvalue weighted by Gasteiger charge is 2.29. The van der Waals surface area contributed by atoms with Crippen LogP contribution >= 0.6 is 11.8 Å². The fourth-order valence-electron chi connectivity index (χ4n) is 2.93. The van der Waals surface area contributed by atoms with Crippen molar-refractivity contribution < 1.29 is 9.59 Å². The summed E-state index contributed by atoms with van der Waals surface area (Å²) in [6, 6.07) is 5.86. The van der Waals surface area contributed by atoms with Gasteiger partial charge < -0.3 is 15.5 Å². The van der Waals surface area contributed by atoms with Crippen LogP contribution in [0.3, 0.4) is 0 Å². The van der Waals surface area contributed by atoms with Crippen molar-refractivity contribution in [2.24, 2.45) is 0 Å². The van der Waals surface area contributed by atoms with Crippen LogP contribution < -0.4 is 10.6 Å². The molecule has 1 atom stereocenters. The van der Waals surface area contributed by atoms with Crippen LogP contribution in [0.4, 0.5) is 5.69 Å². The molecule has 2 heterocycles. The van der Waals surface area contributed by atoms with Gasteiger partial charge in [0.25, 0.3) is 5.91 Å². The zero-order chi connectivity index (χ0) is 14.8. The van der Waals surface area contributed by atoms with Crippen molar-refractivity contribution in [2.45, 2.75) is 23.8 Å². The topological polar surface area (TPSA) is 61.4 Å². The molecule has 3 rings (SSSR count). The van der Waals surface area contributed by atoms with Crippen molar-refractivity contribution in [2.75, 3.05) is 31.2 Å². The molecule has 1 unspecified atom stereocenters. The van der Waals surface area contributed by atoms with Gasteiger partial charge in [0, 0.05) is 29.6 Å². The predicted octanol–water partition coefficient (Wildman–Crippen LogP) is 1.55. The summed E-state index contributed by atoms with van der Waals surface area (Å²) < 4.78 is 0. The monoisotopic (exact) mass is 305 g/mol. The van der Waals surface area contributed by atoms with Gasteiger partial charge >= 0.3 is 0 Å². The van der Waals surface area contributed by atoms with E-state index in [-0.39, 0.29) is 17.9 Å². The molecule has 2 amide bonds. The molecule has 1 fully saturated rings. The first kappa shape index (κ1) is 14.4. The highest BCUT2D eigenvalue weighted by molar-refractivity contribution is 8.00. The van der Waals surface area contributed by atoms with Crippen LogP contribution in [0, 0.1) is 0 Å². The number of fused-ring (bicyclic) bond motifs is 1. The van der Waals surface area contributed by atoms with Gasteiger partial charge in [-0.05, 0) is 38.1 Å². The molecule has 21 heavy (non-hydrogen) atoms. The lowest BCUT2D eigenvalue weighted by molar-refractivity contribution is -0.113. The maximum Gasteiger partial charge on any atom is 0.254 e. The van der Waals surface area contributed by atoms with Gasteiger partial charge in [0.05, 0.1) is 11.4 Å². The number of likely N-dealkylation sites (N-methyl/N-ethyl adjacent to an activating group) is 1. The predicted molar refractivity (Wildman–Crippen MR) is 83.8 cm³/mol. The zero-order valence-corrected chi connectivity index (χ0v) is 12.8. The number of carbonyl (C=O) groups excluding carboxylic acids is 2. The van der Waals surface area contributed by atoms with Crippen LogP contribution in [0.5, 0.6) is 0 Å². The fraction of sp³-hybridized carbons (Fsp3) is 0.467. The van der Waals surface area contributed by atoms with Crippen LogP contribution in [-0.4, -0.2) is 48.6 Å². The lowest BCUT2D eigenvalue weighted by Gasteiger charge is -2.25. The molecular formula is C15H19N3O2S. The number of amides is 2. The number of hydrogen-bond donors (Lipinski definition) is 2. The summed E-state index contributed by atoms with van der Waals surface area (Å²) in [5.74, 6) is 0.489. The Kier molecular flexibility index (Phi) is 4.17. The molecule has 2 aliphatic rings. The Balaban J connectivity index is 1.81. The summed E-state index contributed by atoms with van der Waals surface area (Å²) in [7, 11) is 1.91. The van der Waals surface area contributed by atoms with Gasteiger partial charge in [-0.2, -0.15) is 0 Å². The molecule has 1 saturated heterocycles. The minimum Gasteiger partial charge on any atom is -0.334 e. The van der Waals surface area contributed by atoms with Crippen LogP contribution in [0.25, 0.3) is 0 Å². The van der Waals surface area contributed by atoms with Crippen molar-refractivity contribution in [1.82, 2.24) is 10.2 Å². The van der Waals surface area contributed by atoms with Crippen LogP contribution in [0.2, 0.25) is 0 Å². The highest BCUT2D eigenvalue weighted by Crippen LogP contribution is 2.32. The average molecular weight is 305 g/mol. The molecule has 0 spiro atoms. The summed E-state index contributed by atoms with van der Waals surface area (Å²) in [5, 5.41) is 5.99. The molecule has 0 radical (unpaired) electrons. The number of thioether (sulfide) groups is 1. The van der Waals surface area contributed by atoms with E-state index in [0.29, 0.717) is 11.3 Å². The Morgan fingerprint density at radius 3 is 3.19 bits per heavy atom. The molecule has 112 valence electrons. The summed E-state index contributed by atoms with van der Waals surface area (Å²) in [6.07, 6.45) is 2.10. The molecule has 2 N–H and O–H groups in total. The average Bonchev–Trinajstić information content (AvgIpc) is 2.94. The van der Waals surface area contributed by atoms with Crippen molar-refractivity contribution in [3.63, 3.8) is 0 Å². The van der Waals surface area contributed by atoms with Crippen LogP contribution in [0.15, 0.2) is 23.1 Å². The second-order valence-corrected chi connectivity index (χ2v) is 6.42. The van der Waals surface area contributed by atoms with E-state index < -0.39 is 0 Å². The number of likely N-dealkylation sites (tertiary alicyclic amines) is 1. The second kappa shape index (κ2) is 6.07. The summed E-state index contributed by atoms with van der Waals surface area (Å²) in [4.78, 5) is 27.1. The molecule has 1 aromatic carbocycles. The first-order chi connectivity index (χ1) is 10.2. The third-order valence-electron chi connectivity index (χ3n) is 3.94. The van der Waals surface area contributed by atoms with E-state index in [2.05, 4.69) is 10.6 Å². The number of nitrogens with one attached hydrogen (secondary N) is 2. The van der Waals surface area contributed by atoms with Gasteiger partial charge in [0.15, 0.2) is 0 Å². The van der Waals surface area contributed by atoms with Gasteiger partial charge in [-0.25, -0.2) is 0 Å². The van der Waals surface area contributed by atoms with Gasteiger partial charge in [0.2, 0.25) is 5.91 Å². The Labute approximate surface area is 128 Å². The van der Waals surface area contributed by atoms with Gasteiger partial charge in [0.1, 0.15) is 0 Å². The molecule has 6 heteroatoms. The summed E-state index contributed by atoms with van der Waals surface area (Å²) in [6.45, 7) is 1.63. The Hall–Kier alpha value is -1.53. The molecular weight excluding hydrogens is 286 g/mol. The van der Waals surface area contributed by atoms with Crippen molar-refractivity contribution in [3.05, 3.63) is 23.8 Å². The lowest BCUT2D eigenvalue weighted by atomic mass is 10.1. The van der Waals surface area contributed by atoms with E-state index in [1.807, 2.05) is 24.1 Å². The van der Waals surface area contributed by atoms with E-state index in [0.717, 1.165) is 36.5 Å². The third kappa shape index (κ3) is 2.91. The van der Waals surface area contributed by atoms with Crippen LogP contribution in [0.1, 0.15) is 23.2 Å². The standard InChI is InChI=1S/C15H19N3O2S/c1-16-8-11-3-2-6-18(11)15(20)10-4-5-13-12(7-10)17-14(19)9-21-13/h4-5,7,11,16H,2-3,6,8-9H2,1H3,(H,17,19). The first-order valence-corrected chi connectivity index (χ1v) is 8.20. The molecule has 0 aliphatic carbocycles. The zero-order valence-electron chi connectivity index (χ0n) is 12.0. The first-order valence-electron chi connectivity index (χ1n) is 7.21. The number of benzene rings is 1. The van der Waals surface area contributed by atoms with E-state index in [1.54, 1.807) is 6.07 Å². The number of hydrogen-bond acceptors (Lipinski definition) is 4. The van der Waals surface area contributed by atoms with Gasteiger partial charge in [-0.15, -0.1) is 11.8 Å². The molecule has 5 nitrogen and oxygen atoms in total. The largest absolute Gasteiger partial charge is 0.334 e. The number of anilines is 1. The van der Waals surface area contributed by atoms with Gasteiger partial charge in [-0.3, -0.25) is 9.59 Å². The Morgan fingerprint density at radius 2 is 2.38 bits per heavy atom. The Morgan fingerprint density at radius 1 is 1.52 bits per heavy atom. The summed E-state index contributed by atoms with van der Waals surface area (Å²) >= 11 is 1.51. The number of rotatable bonds is 3. The third-order valence-corrected chi connectivity index (χ3v) is 5.01. The van der Waals surface area contributed by atoms with E-state index in [1.165, 1.54) is 11.8 Å². The minimum absolute atomic E-state index is 0.00803. The SMILES string of the molecule is CNCC1CCCN1C(=O)c1ccc2c(c1)NC(=O)CS2. The summed E-state index contributed by atoms with van der Waals surface area (Å²) in [5.41, 5.74) is 1.41. The smallest absolute Gasteiger partial charge is 0.254 e. The molecule has 1 aromatic rings. The fourth-order valence-corrected chi connectivity index (χ4v) is 3.72. The highest BCUT2D eigenvalue weighted by atomic mass is 32.2. The Bertz CT molecular complexity index is 576. The van der Waals surface area contributed by atoms with Crippen molar-refractivity contribution in [3.8, 4) is 0 Å². The molecule has 0 saturated carbocycles. The van der Waals surface area contributed by atoms with E-state index in [4.69, 9.17) is 0 Å². The lowest BCUT2D eigenvalue weighted by Crippen LogP contribution is -2.40. The molecule has 0 aromatic heterocycles. The van der Waals surface area contributed by atoms with Crippen molar-refractivity contribution >= 4 is 29.3 Å². The molecule has 0 bridgehead atoms.